The van der Waals surface area contributed by atoms with Crippen LogP contribution in [0.3, 0.4) is 0 Å². The molecule has 0 aliphatic carbocycles. The first-order valence-corrected chi connectivity index (χ1v) is 6.70. The highest BCUT2D eigenvalue weighted by Gasteiger charge is 2.18. The van der Waals surface area contributed by atoms with Gasteiger partial charge in [-0.25, -0.2) is 4.79 Å². The van der Waals surface area contributed by atoms with Crippen LogP contribution in [0.25, 0.3) is 0 Å². The van der Waals surface area contributed by atoms with Crippen molar-refractivity contribution in [1.82, 2.24) is 0 Å². The zero-order chi connectivity index (χ0) is 16.8. The SMILES string of the molecule is COc1cc(C(=O)O/N=C(/C)c2ccco2)cc(OC)c1OC. The molecule has 1 aromatic heterocycles. The molecule has 0 aliphatic rings. The van der Waals surface area contributed by atoms with E-state index in [1.165, 1.54) is 39.7 Å². The van der Waals surface area contributed by atoms with Crippen LogP contribution in [-0.4, -0.2) is 33.0 Å². The fourth-order valence-electron chi connectivity index (χ4n) is 1.89. The molecule has 0 N–H and O–H groups in total. The van der Waals surface area contributed by atoms with Gasteiger partial charge < -0.3 is 23.5 Å². The molecule has 0 amide bonds. The molecule has 0 spiro atoms. The maximum Gasteiger partial charge on any atom is 0.366 e. The predicted octanol–water partition coefficient (Wildman–Crippen LogP) is 2.89. The Kier molecular flexibility index (Phi) is 5.24. The van der Waals surface area contributed by atoms with E-state index < -0.39 is 5.97 Å². The van der Waals surface area contributed by atoms with Crippen LogP contribution in [0.5, 0.6) is 17.2 Å². The maximum absolute atomic E-state index is 12.1. The van der Waals surface area contributed by atoms with Crippen LogP contribution >= 0.6 is 0 Å². The lowest BCUT2D eigenvalue weighted by Gasteiger charge is -2.13. The van der Waals surface area contributed by atoms with Gasteiger partial charge in [0.2, 0.25) is 5.75 Å². The highest BCUT2D eigenvalue weighted by Crippen LogP contribution is 2.38. The molecule has 0 saturated carbocycles. The Labute approximate surface area is 133 Å². The van der Waals surface area contributed by atoms with Crippen LogP contribution in [0.1, 0.15) is 23.0 Å². The smallest absolute Gasteiger partial charge is 0.366 e. The van der Waals surface area contributed by atoms with Crippen molar-refractivity contribution in [2.75, 3.05) is 21.3 Å². The minimum Gasteiger partial charge on any atom is -0.493 e. The third kappa shape index (κ3) is 3.63. The molecule has 0 unspecified atom stereocenters. The first kappa shape index (κ1) is 16.4. The molecule has 0 bridgehead atoms. The van der Waals surface area contributed by atoms with Crippen molar-refractivity contribution in [1.29, 1.82) is 0 Å². The third-order valence-corrected chi connectivity index (χ3v) is 3.04. The normalized spacial score (nSPS) is 11.0. The van der Waals surface area contributed by atoms with Gasteiger partial charge in [-0.2, -0.15) is 0 Å². The molecule has 23 heavy (non-hydrogen) atoms. The van der Waals surface area contributed by atoms with Gasteiger partial charge >= 0.3 is 5.97 Å². The fraction of sp³-hybridized carbons (Fsp3) is 0.250. The number of methoxy groups -OCH3 is 3. The number of nitrogens with zero attached hydrogens (tertiary/aromatic N) is 1. The lowest BCUT2D eigenvalue weighted by molar-refractivity contribution is 0.0515. The van der Waals surface area contributed by atoms with E-state index in [9.17, 15) is 4.79 Å². The molecule has 0 radical (unpaired) electrons. The second-order valence-electron chi connectivity index (χ2n) is 4.45. The van der Waals surface area contributed by atoms with Gasteiger partial charge in [0.05, 0.1) is 33.2 Å². The highest BCUT2D eigenvalue weighted by molar-refractivity contribution is 5.97. The largest absolute Gasteiger partial charge is 0.493 e. The van der Waals surface area contributed by atoms with Crippen LogP contribution < -0.4 is 14.2 Å². The van der Waals surface area contributed by atoms with Gasteiger partial charge in [-0.05, 0) is 31.2 Å². The summed E-state index contributed by atoms with van der Waals surface area (Å²) in [6.45, 7) is 1.67. The first-order chi connectivity index (χ1) is 11.1. The summed E-state index contributed by atoms with van der Waals surface area (Å²) in [6, 6.07) is 6.41. The second kappa shape index (κ2) is 7.35. The highest BCUT2D eigenvalue weighted by atomic mass is 16.7. The number of carbonyl (C=O) groups excluding carboxylic acids is 1. The summed E-state index contributed by atoms with van der Waals surface area (Å²) in [7, 11) is 4.41. The van der Waals surface area contributed by atoms with Crippen LogP contribution in [0.4, 0.5) is 0 Å². The molecule has 1 aromatic carbocycles. The molecule has 122 valence electrons. The van der Waals surface area contributed by atoms with Crippen molar-refractivity contribution in [2.24, 2.45) is 5.16 Å². The molecule has 0 aliphatic heterocycles. The van der Waals surface area contributed by atoms with Gasteiger partial charge in [0.1, 0.15) is 5.71 Å². The molecule has 2 aromatic rings. The molecule has 2 rings (SSSR count). The van der Waals surface area contributed by atoms with Gasteiger partial charge in [-0.3, -0.25) is 0 Å². The number of ether oxygens (including phenoxy) is 3. The van der Waals surface area contributed by atoms with Crippen molar-refractivity contribution in [3.05, 3.63) is 41.9 Å². The standard InChI is InChI=1S/C16H17NO6/c1-10(12-6-5-7-22-12)17-23-16(18)11-8-13(19-2)15(21-4)14(9-11)20-3/h5-9H,1-4H3/b17-10-. The van der Waals surface area contributed by atoms with Gasteiger partial charge in [0.15, 0.2) is 17.3 Å². The summed E-state index contributed by atoms with van der Waals surface area (Å²) >= 11 is 0. The van der Waals surface area contributed by atoms with Crippen molar-refractivity contribution in [2.45, 2.75) is 6.92 Å². The Hall–Kier alpha value is -2.96. The van der Waals surface area contributed by atoms with E-state index in [0.717, 1.165) is 0 Å². The third-order valence-electron chi connectivity index (χ3n) is 3.04. The zero-order valence-corrected chi connectivity index (χ0v) is 13.3. The van der Waals surface area contributed by atoms with Crippen LogP contribution in [0.15, 0.2) is 40.1 Å². The van der Waals surface area contributed by atoms with Gasteiger partial charge in [0, 0.05) is 0 Å². The molecular formula is C16H17NO6. The van der Waals surface area contributed by atoms with Crippen molar-refractivity contribution < 1.29 is 28.3 Å². The Morgan fingerprint density at radius 3 is 2.22 bits per heavy atom. The number of hydrogen-bond acceptors (Lipinski definition) is 7. The Balaban J connectivity index is 2.24. The number of carbonyl (C=O) groups is 1. The van der Waals surface area contributed by atoms with Crippen molar-refractivity contribution in [3.8, 4) is 17.2 Å². The summed E-state index contributed by atoms with van der Waals surface area (Å²) in [5, 5.41) is 3.76. The van der Waals surface area contributed by atoms with Gasteiger partial charge in [-0.1, -0.05) is 5.16 Å². The number of furan rings is 1. The summed E-state index contributed by atoms with van der Waals surface area (Å²) < 4.78 is 20.7. The monoisotopic (exact) mass is 319 g/mol. The van der Waals surface area contributed by atoms with E-state index in [0.29, 0.717) is 28.7 Å². The van der Waals surface area contributed by atoms with E-state index in [1.807, 2.05) is 0 Å². The van der Waals surface area contributed by atoms with E-state index >= 15 is 0 Å². The molecule has 1 heterocycles. The van der Waals surface area contributed by atoms with Crippen molar-refractivity contribution >= 4 is 11.7 Å². The second-order valence-corrected chi connectivity index (χ2v) is 4.45. The van der Waals surface area contributed by atoms with Crippen LogP contribution in [-0.2, 0) is 4.84 Å². The van der Waals surface area contributed by atoms with Crippen molar-refractivity contribution in [3.63, 3.8) is 0 Å². The number of hydrogen-bond donors (Lipinski definition) is 0. The molecule has 0 atom stereocenters. The average molecular weight is 319 g/mol. The number of benzene rings is 1. The Morgan fingerprint density at radius 2 is 1.74 bits per heavy atom. The molecule has 7 nitrogen and oxygen atoms in total. The molecular weight excluding hydrogens is 302 g/mol. The molecule has 0 saturated heterocycles. The molecule has 0 fully saturated rings. The number of rotatable bonds is 6. The Bertz CT molecular complexity index is 680. The van der Waals surface area contributed by atoms with E-state index in [4.69, 9.17) is 23.5 Å². The average Bonchev–Trinajstić information content (AvgIpc) is 3.12. The minimum atomic E-state index is -0.657. The topological polar surface area (TPSA) is 79.5 Å². The first-order valence-electron chi connectivity index (χ1n) is 6.70. The van der Waals surface area contributed by atoms with E-state index in [2.05, 4.69) is 5.16 Å². The van der Waals surface area contributed by atoms with E-state index in [-0.39, 0.29) is 5.56 Å². The summed E-state index contributed by atoms with van der Waals surface area (Å²) in [6.07, 6.45) is 1.51. The quantitative estimate of drug-likeness (QED) is 0.463. The van der Waals surface area contributed by atoms with Gasteiger partial charge in [0.25, 0.3) is 0 Å². The number of oxime groups is 1. The molecule has 7 heteroatoms. The lowest BCUT2D eigenvalue weighted by atomic mass is 10.2. The minimum absolute atomic E-state index is 0.218. The lowest BCUT2D eigenvalue weighted by Crippen LogP contribution is -2.05. The maximum atomic E-state index is 12.1. The summed E-state index contributed by atoms with van der Waals surface area (Å²) in [5.41, 5.74) is 0.659. The predicted molar refractivity (Wildman–Crippen MR) is 82.4 cm³/mol. The zero-order valence-electron chi connectivity index (χ0n) is 13.3. The summed E-state index contributed by atoms with van der Waals surface area (Å²) in [4.78, 5) is 17.1. The summed E-state index contributed by atoms with van der Waals surface area (Å²) in [5.74, 6) is 0.954. The Morgan fingerprint density at radius 1 is 1.09 bits per heavy atom. The van der Waals surface area contributed by atoms with Gasteiger partial charge in [-0.15, -0.1) is 0 Å². The van der Waals surface area contributed by atoms with Crippen LogP contribution in [0.2, 0.25) is 0 Å². The van der Waals surface area contributed by atoms with E-state index in [1.54, 1.807) is 19.1 Å². The van der Waals surface area contributed by atoms with Crippen LogP contribution in [0, 0.1) is 0 Å². The fourth-order valence-corrected chi connectivity index (χ4v) is 1.89.